The van der Waals surface area contributed by atoms with Gasteiger partial charge in [-0.15, -0.1) is 0 Å². The number of carbonyl (C=O) groups excluding carboxylic acids is 2. The molecule has 2 aromatic rings. The van der Waals surface area contributed by atoms with E-state index in [4.69, 9.17) is 21.1 Å². The molecule has 9 heteroatoms. The minimum atomic E-state index is -0.724. The molecule has 0 saturated carbocycles. The van der Waals surface area contributed by atoms with Crippen molar-refractivity contribution in [1.29, 1.82) is 0 Å². The van der Waals surface area contributed by atoms with Crippen molar-refractivity contribution >= 4 is 34.9 Å². The van der Waals surface area contributed by atoms with Gasteiger partial charge in [-0.3, -0.25) is 4.79 Å². The van der Waals surface area contributed by atoms with Gasteiger partial charge in [0.2, 0.25) is 5.91 Å². The zero-order valence-corrected chi connectivity index (χ0v) is 18.6. The quantitative estimate of drug-likeness (QED) is 0.711. The number of hydrogen-bond acceptors (Lipinski definition) is 5. The first kappa shape index (κ1) is 22.6. The molecule has 0 unspecified atom stereocenters. The molecule has 3 rings (SSSR count). The Morgan fingerprint density at radius 2 is 1.68 bits per heavy atom. The van der Waals surface area contributed by atoms with E-state index < -0.39 is 6.04 Å². The second-order valence-corrected chi connectivity index (χ2v) is 7.61. The largest absolute Gasteiger partial charge is 0.497 e. The number of hydrogen-bond donors (Lipinski definition) is 2. The van der Waals surface area contributed by atoms with Gasteiger partial charge in [0.05, 0.1) is 19.9 Å². The summed E-state index contributed by atoms with van der Waals surface area (Å²) in [7, 11) is 3.06. The van der Waals surface area contributed by atoms with Crippen molar-refractivity contribution in [3.8, 4) is 11.5 Å². The summed E-state index contributed by atoms with van der Waals surface area (Å²) < 4.78 is 10.5. The van der Waals surface area contributed by atoms with Crippen molar-refractivity contribution in [3.63, 3.8) is 0 Å². The number of rotatable bonds is 6. The third kappa shape index (κ3) is 5.73. The van der Waals surface area contributed by atoms with Crippen LogP contribution in [0.5, 0.6) is 11.5 Å². The predicted molar refractivity (Wildman–Crippen MR) is 121 cm³/mol. The Morgan fingerprint density at radius 3 is 2.29 bits per heavy atom. The van der Waals surface area contributed by atoms with Crippen molar-refractivity contribution in [2.24, 2.45) is 0 Å². The van der Waals surface area contributed by atoms with Gasteiger partial charge in [-0.1, -0.05) is 11.6 Å². The fraction of sp³-hybridized carbons (Fsp3) is 0.364. The molecule has 1 heterocycles. The van der Waals surface area contributed by atoms with Gasteiger partial charge in [0.25, 0.3) is 0 Å². The molecule has 166 valence electrons. The van der Waals surface area contributed by atoms with Gasteiger partial charge < -0.3 is 29.9 Å². The zero-order chi connectivity index (χ0) is 22.4. The summed E-state index contributed by atoms with van der Waals surface area (Å²) >= 11 is 5.95. The average molecular weight is 447 g/mol. The number of urea groups is 1. The number of amides is 3. The third-order valence-electron chi connectivity index (χ3n) is 5.16. The number of nitrogens with one attached hydrogen (secondary N) is 2. The first-order chi connectivity index (χ1) is 14.9. The number of benzene rings is 2. The van der Waals surface area contributed by atoms with Crippen LogP contribution in [0, 0.1) is 0 Å². The maximum absolute atomic E-state index is 12.6. The number of halogens is 1. The van der Waals surface area contributed by atoms with Crippen LogP contribution in [0.1, 0.15) is 6.92 Å². The lowest BCUT2D eigenvalue weighted by Crippen LogP contribution is -2.54. The van der Waals surface area contributed by atoms with Gasteiger partial charge in [-0.25, -0.2) is 4.79 Å². The van der Waals surface area contributed by atoms with E-state index in [1.165, 1.54) is 7.11 Å². The van der Waals surface area contributed by atoms with E-state index in [0.717, 1.165) is 5.69 Å². The van der Waals surface area contributed by atoms with Crippen molar-refractivity contribution in [3.05, 3.63) is 47.5 Å². The molecule has 1 aliphatic rings. The molecule has 1 saturated heterocycles. The summed E-state index contributed by atoms with van der Waals surface area (Å²) in [4.78, 5) is 29.1. The molecule has 2 aromatic carbocycles. The summed E-state index contributed by atoms with van der Waals surface area (Å²) in [6, 6.07) is 11.8. The minimum Gasteiger partial charge on any atom is -0.497 e. The van der Waals surface area contributed by atoms with Gasteiger partial charge >= 0.3 is 6.03 Å². The number of methoxy groups -OCH3 is 2. The lowest BCUT2D eigenvalue weighted by molar-refractivity contribution is -0.117. The molecule has 0 aliphatic carbocycles. The Balaban J connectivity index is 1.52. The molecule has 8 nitrogen and oxygen atoms in total. The fourth-order valence-corrected chi connectivity index (χ4v) is 3.44. The first-order valence-electron chi connectivity index (χ1n) is 10.00. The summed E-state index contributed by atoms with van der Waals surface area (Å²) in [5.41, 5.74) is 1.55. The Bertz CT molecular complexity index is 914. The monoisotopic (exact) mass is 446 g/mol. The Labute approximate surface area is 187 Å². The Morgan fingerprint density at radius 1 is 1.00 bits per heavy atom. The van der Waals surface area contributed by atoms with Crippen LogP contribution >= 0.6 is 11.6 Å². The van der Waals surface area contributed by atoms with Crippen molar-refractivity contribution in [1.82, 2.24) is 10.2 Å². The molecule has 0 aromatic heterocycles. The van der Waals surface area contributed by atoms with Crippen LogP contribution in [-0.4, -0.2) is 63.3 Å². The van der Waals surface area contributed by atoms with Gasteiger partial charge in [0.15, 0.2) is 0 Å². The molecule has 0 radical (unpaired) electrons. The second-order valence-electron chi connectivity index (χ2n) is 7.18. The van der Waals surface area contributed by atoms with Gasteiger partial charge in [-0.2, -0.15) is 0 Å². The molecule has 1 aliphatic heterocycles. The predicted octanol–water partition coefficient (Wildman–Crippen LogP) is 3.22. The smallest absolute Gasteiger partial charge is 0.318 e. The van der Waals surface area contributed by atoms with Gasteiger partial charge in [0, 0.05) is 43.0 Å². The molecule has 31 heavy (non-hydrogen) atoms. The van der Waals surface area contributed by atoms with Crippen molar-refractivity contribution in [2.75, 3.05) is 50.6 Å². The van der Waals surface area contributed by atoms with E-state index >= 15 is 0 Å². The lowest BCUT2D eigenvalue weighted by atomic mass is 10.2. The summed E-state index contributed by atoms with van der Waals surface area (Å²) in [6.45, 7) is 4.18. The van der Waals surface area contributed by atoms with Crippen LogP contribution in [0.25, 0.3) is 0 Å². The van der Waals surface area contributed by atoms with E-state index in [1.54, 1.807) is 37.1 Å². The van der Waals surface area contributed by atoms with E-state index in [-0.39, 0.29) is 11.9 Å². The molecule has 1 atom stereocenters. The summed E-state index contributed by atoms with van der Waals surface area (Å²) in [6.07, 6.45) is 0. The highest BCUT2D eigenvalue weighted by Gasteiger charge is 2.24. The van der Waals surface area contributed by atoms with Crippen molar-refractivity contribution in [2.45, 2.75) is 13.0 Å². The SMILES string of the molecule is COc1ccc(OC)c(NC(=O)[C@@H](C)NC(=O)N2CCN(c3ccc(Cl)cc3)CC2)c1. The fourth-order valence-electron chi connectivity index (χ4n) is 3.31. The third-order valence-corrected chi connectivity index (χ3v) is 5.41. The van der Waals surface area contributed by atoms with Crippen molar-refractivity contribution < 1.29 is 19.1 Å². The van der Waals surface area contributed by atoms with Crippen LogP contribution in [0.4, 0.5) is 16.2 Å². The maximum Gasteiger partial charge on any atom is 0.318 e. The van der Waals surface area contributed by atoms with E-state index in [1.807, 2.05) is 24.3 Å². The molecule has 1 fully saturated rings. The molecular weight excluding hydrogens is 420 g/mol. The highest BCUT2D eigenvalue weighted by Crippen LogP contribution is 2.29. The van der Waals surface area contributed by atoms with Crippen LogP contribution in [0.15, 0.2) is 42.5 Å². The number of carbonyl (C=O) groups is 2. The summed E-state index contributed by atoms with van der Waals surface area (Å²) in [5.74, 6) is 0.747. The molecule has 0 bridgehead atoms. The standard InChI is InChI=1S/C22H27ClN4O4/c1-15(21(28)25-19-14-18(30-2)8-9-20(19)31-3)24-22(29)27-12-10-26(11-13-27)17-6-4-16(23)5-7-17/h4-9,14-15H,10-13H2,1-3H3,(H,24,29)(H,25,28)/t15-/m1/s1. The Hall–Kier alpha value is -3.13. The number of piperazine rings is 1. The summed E-state index contributed by atoms with van der Waals surface area (Å²) in [5, 5.41) is 6.24. The van der Waals surface area contributed by atoms with Crippen LogP contribution in [0.2, 0.25) is 5.02 Å². The molecule has 3 amide bonds. The lowest BCUT2D eigenvalue weighted by Gasteiger charge is -2.36. The normalized spacial score (nSPS) is 14.6. The van der Waals surface area contributed by atoms with Crippen LogP contribution < -0.4 is 25.0 Å². The van der Waals surface area contributed by atoms with Crippen LogP contribution in [-0.2, 0) is 4.79 Å². The molecule has 2 N–H and O–H groups in total. The second kappa shape index (κ2) is 10.3. The number of ether oxygens (including phenoxy) is 2. The van der Waals surface area contributed by atoms with Gasteiger partial charge in [-0.05, 0) is 43.3 Å². The Kier molecular flexibility index (Phi) is 7.46. The number of anilines is 2. The number of nitrogens with zero attached hydrogens (tertiary/aromatic N) is 2. The highest BCUT2D eigenvalue weighted by molar-refractivity contribution is 6.30. The molecular formula is C22H27ClN4O4. The highest BCUT2D eigenvalue weighted by atomic mass is 35.5. The van der Waals surface area contributed by atoms with E-state index in [2.05, 4.69) is 15.5 Å². The minimum absolute atomic E-state index is 0.268. The maximum atomic E-state index is 12.6. The first-order valence-corrected chi connectivity index (χ1v) is 10.4. The van der Waals surface area contributed by atoms with Gasteiger partial charge in [0.1, 0.15) is 17.5 Å². The van der Waals surface area contributed by atoms with Crippen LogP contribution in [0.3, 0.4) is 0 Å². The van der Waals surface area contributed by atoms with E-state index in [9.17, 15) is 9.59 Å². The zero-order valence-electron chi connectivity index (χ0n) is 17.9. The molecule has 0 spiro atoms. The average Bonchev–Trinajstić information content (AvgIpc) is 2.79. The topological polar surface area (TPSA) is 83.1 Å². The van der Waals surface area contributed by atoms with E-state index in [0.29, 0.717) is 48.4 Å².